The van der Waals surface area contributed by atoms with Gasteiger partial charge in [-0.25, -0.2) is 0 Å². The Kier molecular flexibility index (Phi) is 3.28. The van der Waals surface area contributed by atoms with Gasteiger partial charge in [-0.1, -0.05) is 115 Å². The van der Waals surface area contributed by atoms with E-state index in [2.05, 4.69) is 97.1 Å². The van der Waals surface area contributed by atoms with Gasteiger partial charge in [-0.15, -0.1) is 0 Å². The average molecular weight is 499 g/mol. The molecule has 0 saturated heterocycles. The molecule has 0 aliphatic rings. The summed E-state index contributed by atoms with van der Waals surface area (Å²) >= 11 is 0. The second-order valence-electron chi connectivity index (χ2n) is 10.2. The number of para-hydroxylation sites is 1. The third-order valence-electron chi connectivity index (χ3n) is 8.20. The van der Waals surface area contributed by atoms with Crippen LogP contribution in [0.25, 0.3) is 64.6 Å². The van der Waals surface area contributed by atoms with Crippen LogP contribution in [-0.4, -0.2) is 0 Å². The molecule has 0 aliphatic carbocycles. The molecular weight excluding hydrogens is 470 g/mol. The minimum absolute atomic E-state index is 0.126. The molecule has 39 heavy (non-hydrogen) atoms. The number of hydrogen-bond donors (Lipinski definition) is 0. The van der Waals surface area contributed by atoms with Gasteiger partial charge in [-0.3, -0.25) is 0 Å². The van der Waals surface area contributed by atoms with Gasteiger partial charge < -0.3 is 4.90 Å². The third-order valence-corrected chi connectivity index (χ3v) is 8.20. The normalized spacial score (nSPS) is 13.9. The van der Waals surface area contributed by atoms with Crippen molar-refractivity contribution in [3.05, 3.63) is 139 Å². The molecule has 0 amide bonds. The highest BCUT2D eigenvalue weighted by Crippen LogP contribution is 2.47. The first-order chi connectivity index (χ1) is 21.4. The second-order valence-corrected chi connectivity index (χ2v) is 10.2. The molecule has 0 saturated carbocycles. The van der Waals surface area contributed by atoms with Crippen LogP contribution >= 0.6 is 0 Å². The summed E-state index contributed by atoms with van der Waals surface area (Å²) in [6.07, 6.45) is 0. The molecular formula is C38H23N. The van der Waals surface area contributed by atoms with Gasteiger partial charge in [-0.05, 0) is 78.1 Å². The van der Waals surface area contributed by atoms with E-state index in [4.69, 9.17) is 6.85 Å². The van der Waals surface area contributed by atoms with E-state index in [0.29, 0.717) is 0 Å². The highest BCUT2D eigenvalue weighted by molar-refractivity contribution is 6.28. The monoisotopic (exact) mass is 498 g/mol. The van der Waals surface area contributed by atoms with Crippen LogP contribution in [0.1, 0.15) is 6.85 Å². The molecule has 0 aliphatic heterocycles. The number of nitrogens with zero attached hydrogens (tertiary/aromatic N) is 1. The van der Waals surface area contributed by atoms with Crippen LogP contribution in [0.4, 0.5) is 17.1 Å². The molecule has 1 nitrogen and oxygen atoms in total. The van der Waals surface area contributed by atoms with Crippen LogP contribution < -0.4 is 4.90 Å². The van der Waals surface area contributed by atoms with Gasteiger partial charge >= 0.3 is 0 Å². The number of rotatable bonds is 3. The molecule has 9 aromatic rings. The smallest absolute Gasteiger partial charge is 0.0645 e. The standard InChI is InChI=1S/C38H23N/c1-2-10-30(11-3-1)39(33-22-18-28-14-12-24-6-4-8-26-16-20-31(33)37(28)35(24)26)34-23-19-29-15-13-25-7-5-9-27-17-21-32(34)38(29)36(25)27/h1-23H/i1D,2D,3D,10D,11D. The van der Waals surface area contributed by atoms with E-state index in [-0.39, 0.29) is 29.9 Å². The first-order valence-electron chi connectivity index (χ1n) is 15.6. The average Bonchev–Trinajstić information content (AvgIpc) is 3.06. The molecule has 0 heterocycles. The topological polar surface area (TPSA) is 3.24 Å². The minimum atomic E-state index is -0.408. The maximum absolute atomic E-state index is 9.08. The van der Waals surface area contributed by atoms with Crippen molar-refractivity contribution < 1.29 is 6.85 Å². The summed E-state index contributed by atoms with van der Waals surface area (Å²) in [6, 6.07) is 36.1. The molecule has 0 N–H and O–H groups in total. The first kappa shape index (κ1) is 16.7. The Labute approximate surface area is 232 Å². The van der Waals surface area contributed by atoms with Gasteiger partial charge in [0.2, 0.25) is 0 Å². The summed E-state index contributed by atoms with van der Waals surface area (Å²) in [5.74, 6) is 0. The lowest BCUT2D eigenvalue weighted by Gasteiger charge is -2.29. The predicted molar refractivity (Wildman–Crippen MR) is 169 cm³/mol. The quantitative estimate of drug-likeness (QED) is 0.219. The summed E-state index contributed by atoms with van der Waals surface area (Å²) in [5.41, 5.74) is 1.63. The summed E-state index contributed by atoms with van der Waals surface area (Å²) in [4.78, 5) is 1.89. The predicted octanol–water partition coefficient (Wildman–Crippen LogP) is 11.0. The van der Waals surface area contributed by atoms with Crippen molar-refractivity contribution >= 4 is 81.7 Å². The summed E-state index contributed by atoms with van der Waals surface area (Å²) in [5, 5.41) is 13.1. The molecule has 0 atom stereocenters. The van der Waals surface area contributed by atoms with E-state index in [1.807, 2.05) is 17.0 Å². The Bertz CT molecular complexity index is 2420. The number of hydrogen-bond acceptors (Lipinski definition) is 1. The fraction of sp³-hybridized carbons (Fsp3) is 0. The summed E-state index contributed by atoms with van der Waals surface area (Å²) in [7, 11) is 0. The molecule has 9 rings (SSSR count). The van der Waals surface area contributed by atoms with E-state index < -0.39 is 6.04 Å². The molecule has 0 aromatic heterocycles. The summed E-state index contributed by atoms with van der Waals surface area (Å²) in [6.45, 7) is 0. The number of benzene rings is 9. The zero-order valence-electron chi connectivity index (χ0n) is 25.8. The SMILES string of the molecule is [2H]c1c([2H])c([2H])c(N(c2ccc3ccc4cccc5ccc2c3c45)c2ccc3ccc4cccc5ccc2c3c45)c([2H])c1[2H]. The van der Waals surface area contributed by atoms with E-state index in [0.717, 1.165) is 76.0 Å². The van der Waals surface area contributed by atoms with Crippen molar-refractivity contribution in [2.45, 2.75) is 0 Å². The maximum Gasteiger partial charge on any atom is 0.0645 e. The van der Waals surface area contributed by atoms with E-state index in [1.54, 1.807) is 0 Å². The van der Waals surface area contributed by atoms with Gasteiger partial charge in [0.1, 0.15) is 0 Å². The van der Waals surface area contributed by atoms with E-state index >= 15 is 0 Å². The second kappa shape index (κ2) is 7.69. The van der Waals surface area contributed by atoms with Crippen molar-refractivity contribution in [3.63, 3.8) is 0 Å². The first-order valence-corrected chi connectivity index (χ1v) is 13.1. The molecule has 1 heteroatoms. The zero-order chi connectivity index (χ0) is 29.9. The van der Waals surface area contributed by atoms with E-state index in [1.165, 1.54) is 0 Å². The molecule has 0 spiro atoms. The van der Waals surface area contributed by atoms with Crippen molar-refractivity contribution in [1.82, 2.24) is 0 Å². The highest BCUT2D eigenvalue weighted by Gasteiger charge is 2.21. The van der Waals surface area contributed by atoms with Gasteiger partial charge in [0.15, 0.2) is 0 Å². The Morgan fingerprint density at radius 2 is 0.769 bits per heavy atom. The molecule has 180 valence electrons. The van der Waals surface area contributed by atoms with Crippen LogP contribution in [0.15, 0.2) is 139 Å². The molecule has 0 bridgehead atoms. The molecule has 9 aromatic carbocycles. The Balaban J connectivity index is 1.47. The van der Waals surface area contributed by atoms with Crippen LogP contribution in [0, 0.1) is 0 Å². The van der Waals surface area contributed by atoms with Gasteiger partial charge in [0.05, 0.1) is 18.2 Å². The molecule has 0 fully saturated rings. The summed E-state index contributed by atoms with van der Waals surface area (Å²) < 4.78 is 43.7. The van der Waals surface area contributed by atoms with Crippen LogP contribution in [0.5, 0.6) is 0 Å². The Morgan fingerprint density at radius 1 is 0.385 bits per heavy atom. The third kappa shape index (κ3) is 2.85. The largest absolute Gasteiger partial charge is 0.309 e. The Hall–Kier alpha value is -5.14. The lowest BCUT2D eigenvalue weighted by Crippen LogP contribution is -2.11. The lowest BCUT2D eigenvalue weighted by molar-refractivity contribution is 1.32. The molecule has 0 radical (unpaired) electrons. The van der Waals surface area contributed by atoms with Gasteiger partial charge in [-0.2, -0.15) is 0 Å². The van der Waals surface area contributed by atoms with Crippen molar-refractivity contribution in [1.29, 1.82) is 0 Å². The van der Waals surface area contributed by atoms with Crippen molar-refractivity contribution in [3.8, 4) is 0 Å². The van der Waals surface area contributed by atoms with Crippen LogP contribution in [-0.2, 0) is 0 Å². The zero-order valence-corrected chi connectivity index (χ0v) is 20.8. The van der Waals surface area contributed by atoms with Crippen molar-refractivity contribution in [2.24, 2.45) is 0 Å². The Morgan fingerprint density at radius 3 is 1.23 bits per heavy atom. The maximum atomic E-state index is 9.08. The van der Waals surface area contributed by atoms with Gasteiger partial charge in [0, 0.05) is 16.5 Å². The molecule has 0 unspecified atom stereocenters. The van der Waals surface area contributed by atoms with E-state index in [9.17, 15) is 0 Å². The fourth-order valence-electron chi connectivity index (χ4n) is 6.56. The lowest BCUT2D eigenvalue weighted by atomic mass is 9.91. The number of anilines is 3. The van der Waals surface area contributed by atoms with Gasteiger partial charge in [0.25, 0.3) is 0 Å². The van der Waals surface area contributed by atoms with Crippen molar-refractivity contribution in [2.75, 3.05) is 4.90 Å². The van der Waals surface area contributed by atoms with Crippen LogP contribution in [0.3, 0.4) is 0 Å². The minimum Gasteiger partial charge on any atom is -0.309 e. The fourth-order valence-corrected chi connectivity index (χ4v) is 6.56. The highest BCUT2D eigenvalue weighted by atomic mass is 15.1. The van der Waals surface area contributed by atoms with Crippen LogP contribution in [0.2, 0.25) is 0 Å².